The maximum atomic E-state index is 11.3. The summed E-state index contributed by atoms with van der Waals surface area (Å²) in [5.41, 5.74) is 0.586. The lowest BCUT2D eigenvalue weighted by Gasteiger charge is -2.25. The average Bonchev–Trinajstić information content (AvgIpc) is 2.95. The van der Waals surface area contributed by atoms with Gasteiger partial charge < -0.3 is 19.7 Å². The highest BCUT2D eigenvalue weighted by Crippen LogP contribution is 2.46. The summed E-state index contributed by atoms with van der Waals surface area (Å²) >= 11 is 3.40. The monoisotopic (exact) mass is 358 g/mol. The molecule has 1 fully saturated rings. The second-order valence-electron chi connectivity index (χ2n) is 5.19. The molecule has 6 heteroatoms. The quantitative estimate of drug-likeness (QED) is 0.845. The lowest BCUT2D eigenvalue weighted by molar-refractivity contribution is -0.144. The van der Waals surface area contributed by atoms with Crippen LogP contribution in [0.15, 0.2) is 16.6 Å². The van der Waals surface area contributed by atoms with Crippen LogP contribution in [-0.4, -0.2) is 30.4 Å². The van der Waals surface area contributed by atoms with E-state index in [1.54, 1.807) is 19.2 Å². The van der Waals surface area contributed by atoms with E-state index >= 15 is 0 Å². The first kappa shape index (κ1) is 16.1. The van der Waals surface area contributed by atoms with E-state index in [-0.39, 0.29) is 5.92 Å². The number of rotatable bonds is 5. The molecular formula is C15H19BrO5. The number of carbonyl (C=O) groups is 1. The molecule has 0 aliphatic heterocycles. The maximum absolute atomic E-state index is 11.3. The van der Waals surface area contributed by atoms with E-state index in [1.165, 1.54) is 7.11 Å². The van der Waals surface area contributed by atoms with Gasteiger partial charge in [-0.25, -0.2) is 0 Å². The molecule has 0 aromatic heterocycles. The van der Waals surface area contributed by atoms with Gasteiger partial charge in [0.1, 0.15) is 16.0 Å². The molecule has 116 valence electrons. The van der Waals surface area contributed by atoms with Crippen molar-refractivity contribution < 1.29 is 24.5 Å². The van der Waals surface area contributed by atoms with E-state index in [2.05, 4.69) is 15.9 Å². The van der Waals surface area contributed by atoms with Crippen molar-refractivity contribution in [1.82, 2.24) is 0 Å². The molecule has 3 atom stereocenters. The van der Waals surface area contributed by atoms with Crippen LogP contribution in [0.5, 0.6) is 11.5 Å². The van der Waals surface area contributed by atoms with Crippen LogP contribution in [-0.2, 0) is 4.79 Å². The molecule has 5 nitrogen and oxygen atoms in total. The summed E-state index contributed by atoms with van der Waals surface area (Å²) in [5, 5.41) is 19.9. The van der Waals surface area contributed by atoms with Gasteiger partial charge in [0.2, 0.25) is 0 Å². The van der Waals surface area contributed by atoms with Gasteiger partial charge in [-0.15, -0.1) is 0 Å². The summed E-state index contributed by atoms with van der Waals surface area (Å²) in [4.78, 5) is 11.3. The second-order valence-corrected chi connectivity index (χ2v) is 5.98. The molecular weight excluding hydrogens is 340 g/mol. The van der Waals surface area contributed by atoms with Crippen molar-refractivity contribution in [3.8, 4) is 11.5 Å². The summed E-state index contributed by atoms with van der Waals surface area (Å²) in [6, 6.07) is 3.46. The Morgan fingerprint density at radius 1 is 1.33 bits per heavy atom. The Morgan fingerprint density at radius 2 is 2.05 bits per heavy atom. The van der Waals surface area contributed by atoms with Gasteiger partial charge in [0, 0.05) is 11.5 Å². The van der Waals surface area contributed by atoms with Crippen LogP contribution in [0.25, 0.3) is 0 Å². The molecule has 1 saturated carbocycles. The highest BCUT2D eigenvalue weighted by molar-refractivity contribution is 9.10. The molecule has 1 aliphatic carbocycles. The van der Waals surface area contributed by atoms with Crippen molar-refractivity contribution in [2.45, 2.75) is 25.4 Å². The molecule has 21 heavy (non-hydrogen) atoms. The maximum Gasteiger partial charge on any atom is 0.306 e. The van der Waals surface area contributed by atoms with Gasteiger partial charge in [-0.1, -0.05) is 6.42 Å². The molecule has 0 bridgehead atoms. The molecule has 2 N–H and O–H groups in total. The highest BCUT2D eigenvalue weighted by atomic mass is 79.9. The van der Waals surface area contributed by atoms with Crippen LogP contribution in [0.1, 0.15) is 30.9 Å². The fraction of sp³-hybridized carbons (Fsp3) is 0.533. The van der Waals surface area contributed by atoms with Crippen LogP contribution in [0.4, 0.5) is 0 Å². The Bertz CT molecular complexity index is 531. The van der Waals surface area contributed by atoms with Crippen LogP contribution < -0.4 is 9.47 Å². The Balaban J connectivity index is 2.37. The molecule has 1 aliphatic rings. The van der Waals surface area contributed by atoms with Gasteiger partial charge >= 0.3 is 5.97 Å². The van der Waals surface area contributed by atoms with Crippen molar-refractivity contribution in [1.29, 1.82) is 0 Å². The fourth-order valence-electron chi connectivity index (χ4n) is 3.05. The van der Waals surface area contributed by atoms with Gasteiger partial charge in [0.25, 0.3) is 0 Å². The molecule has 3 unspecified atom stereocenters. The number of ether oxygens (including phenoxy) is 2. The Kier molecular flexibility index (Phi) is 5.11. The third-order valence-corrected chi connectivity index (χ3v) is 4.88. The minimum Gasteiger partial charge on any atom is -0.495 e. The van der Waals surface area contributed by atoms with Crippen molar-refractivity contribution >= 4 is 21.9 Å². The fourth-order valence-corrected chi connectivity index (χ4v) is 3.74. The zero-order chi connectivity index (χ0) is 15.6. The number of carboxylic acid groups (broad SMARTS) is 1. The van der Waals surface area contributed by atoms with Crippen molar-refractivity contribution in [2.75, 3.05) is 14.2 Å². The summed E-state index contributed by atoms with van der Waals surface area (Å²) in [6.07, 6.45) is 1.26. The van der Waals surface area contributed by atoms with Gasteiger partial charge in [-0.2, -0.15) is 0 Å². The molecule has 0 spiro atoms. The van der Waals surface area contributed by atoms with E-state index in [4.69, 9.17) is 9.47 Å². The molecule has 1 aromatic carbocycles. The lowest BCUT2D eigenvalue weighted by Crippen LogP contribution is -2.24. The second kappa shape index (κ2) is 6.66. The Labute approximate surface area is 132 Å². The van der Waals surface area contributed by atoms with E-state index in [1.807, 2.05) is 0 Å². The summed E-state index contributed by atoms with van der Waals surface area (Å²) in [6.45, 7) is 0. The highest BCUT2D eigenvalue weighted by Gasteiger charge is 2.39. The SMILES string of the molecule is COc1ccc(C(O)C2CCCC2C(=O)O)c(OC)c1Br. The summed E-state index contributed by atoms with van der Waals surface area (Å²) < 4.78 is 11.2. The predicted molar refractivity (Wildman–Crippen MR) is 80.7 cm³/mol. The number of methoxy groups -OCH3 is 2. The number of hydrogen-bond acceptors (Lipinski definition) is 4. The average molecular weight is 359 g/mol. The number of aliphatic hydroxyl groups is 1. The van der Waals surface area contributed by atoms with Crippen molar-refractivity contribution in [2.24, 2.45) is 11.8 Å². The Morgan fingerprint density at radius 3 is 2.62 bits per heavy atom. The topological polar surface area (TPSA) is 76.0 Å². The third-order valence-electron chi connectivity index (χ3n) is 4.13. The first-order chi connectivity index (χ1) is 10.0. The number of benzene rings is 1. The smallest absolute Gasteiger partial charge is 0.306 e. The largest absolute Gasteiger partial charge is 0.495 e. The van der Waals surface area contributed by atoms with Crippen molar-refractivity contribution in [3.63, 3.8) is 0 Å². The molecule has 2 rings (SSSR count). The van der Waals surface area contributed by atoms with Crippen LogP contribution in [0, 0.1) is 11.8 Å². The van der Waals surface area contributed by atoms with Gasteiger partial charge in [0.15, 0.2) is 0 Å². The van der Waals surface area contributed by atoms with Gasteiger partial charge in [0.05, 0.1) is 26.2 Å². The number of carboxylic acids is 1. The van der Waals surface area contributed by atoms with Gasteiger partial charge in [-0.05, 0) is 40.9 Å². The molecule has 0 saturated heterocycles. The summed E-state index contributed by atoms with van der Waals surface area (Å²) in [7, 11) is 3.06. The number of aliphatic carboxylic acids is 1. The number of hydrogen-bond donors (Lipinski definition) is 2. The standard InChI is InChI=1S/C15H19BrO5/c1-20-11-7-6-10(14(21-2)12(11)16)13(17)8-4-3-5-9(8)15(18)19/h6-9,13,17H,3-5H2,1-2H3,(H,18,19). The zero-order valence-corrected chi connectivity index (χ0v) is 13.6. The number of aliphatic hydroxyl groups excluding tert-OH is 1. The van der Waals surface area contributed by atoms with E-state index in [0.717, 1.165) is 6.42 Å². The molecule has 0 radical (unpaired) electrons. The number of halogens is 1. The van der Waals surface area contributed by atoms with Crippen LogP contribution >= 0.6 is 15.9 Å². The van der Waals surface area contributed by atoms with Crippen LogP contribution in [0.2, 0.25) is 0 Å². The molecule has 1 aromatic rings. The van der Waals surface area contributed by atoms with E-state index in [0.29, 0.717) is 34.4 Å². The van der Waals surface area contributed by atoms with Gasteiger partial charge in [-0.3, -0.25) is 4.79 Å². The summed E-state index contributed by atoms with van der Waals surface area (Å²) in [5.74, 6) is -0.563. The first-order valence-corrected chi connectivity index (χ1v) is 7.61. The molecule has 0 heterocycles. The minimum absolute atomic E-state index is 0.295. The Hall–Kier alpha value is -1.27. The third kappa shape index (κ3) is 3.01. The zero-order valence-electron chi connectivity index (χ0n) is 12.0. The van der Waals surface area contributed by atoms with Crippen molar-refractivity contribution in [3.05, 3.63) is 22.2 Å². The minimum atomic E-state index is -0.870. The van der Waals surface area contributed by atoms with Crippen LogP contribution in [0.3, 0.4) is 0 Å². The molecule has 0 amide bonds. The first-order valence-electron chi connectivity index (χ1n) is 6.82. The predicted octanol–water partition coefficient (Wildman–Crippen LogP) is 3.00. The van der Waals surface area contributed by atoms with E-state index < -0.39 is 18.0 Å². The lowest BCUT2D eigenvalue weighted by atomic mass is 9.86. The van der Waals surface area contributed by atoms with E-state index in [9.17, 15) is 15.0 Å². The normalized spacial score (nSPS) is 22.9.